The van der Waals surface area contributed by atoms with Crippen LogP contribution in [0.2, 0.25) is 5.15 Å². The molecule has 5 heteroatoms. The Morgan fingerprint density at radius 2 is 2.12 bits per heavy atom. The molecule has 1 fully saturated rings. The van der Waals surface area contributed by atoms with E-state index in [0.717, 1.165) is 31.0 Å². The van der Waals surface area contributed by atoms with Gasteiger partial charge in [-0.3, -0.25) is 0 Å². The largest absolute Gasteiger partial charge is 0.368 e. The Bertz CT molecular complexity index is 374. The van der Waals surface area contributed by atoms with Gasteiger partial charge in [-0.05, 0) is 20.9 Å². The average Bonchev–Trinajstić information content (AvgIpc) is 2.25. The molecule has 1 atom stereocenters. The van der Waals surface area contributed by atoms with Crippen LogP contribution in [0.3, 0.4) is 0 Å². The molecule has 2 rings (SSSR count). The SMILES string of the molecule is Cc1nc(C2CN(C)CCO2)nc(Cl)c1C. The summed E-state index contributed by atoms with van der Waals surface area (Å²) >= 11 is 6.05. The first-order valence-electron chi connectivity index (χ1n) is 5.38. The van der Waals surface area contributed by atoms with Crippen molar-refractivity contribution in [1.82, 2.24) is 14.9 Å². The van der Waals surface area contributed by atoms with Gasteiger partial charge in [-0.15, -0.1) is 0 Å². The predicted molar refractivity (Wildman–Crippen MR) is 62.7 cm³/mol. The van der Waals surface area contributed by atoms with Gasteiger partial charge in [0.2, 0.25) is 0 Å². The molecule has 16 heavy (non-hydrogen) atoms. The molecular formula is C11H16ClN3O. The van der Waals surface area contributed by atoms with Crippen molar-refractivity contribution >= 4 is 11.6 Å². The summed E-state index contributed by atoms with van der Waals surface area (Å²) in [5, 5.41) is 0.527. The molecule has 0 bridgehead atoms. The fraction of sp³-hybridized carbons (Fsp3) is 0.636. The third kappa shape index (κ3) is 2.34. The molecule has 1 aliphatic rings. The number of aryl methyl sites for hydroxylation is 1. The highest BCUT2D eigenvalue weighted by Crippen LogP contribution is 2.22. The molecule has 0 saturated carbocycles. The Labute approximate surface area is 101 Å². The van der Waals surface area contributed by atoms with Crippen LogP contribution in [0.15, 0.2) is 0 Å². The number of likely N-dealkylation sites (N-methyl/N-ethyl adjacent to an activating group) is 1. The van der Waals surface area contributed by atoms with Gasteiger partial charge in [-0.2, -0.15) is 0 Å². The molecule has 0 aliphatic carbocycles. The fourth-order valence-electron chi connectivity index (χ4n) is 1.69. The van der Waals surface area contributed by atoms with Crippen molar-refractivity contribution in [1.29, 1.82) is 0 Å². The van der Waals surface area contributed by atoms with E-state index in [2.05, 4.69) is 21.9 Å². The highest BCUT2D eigenvalue weighted by molar-refractivity contribution is 6.30. The van der Waals surface area contributed by atoms with Gasteiger partial charge in [0.25, 0.3) is 0 Å². The van der Waals surface area contributed by atoms with E-state index >= 15 is 0 Å². The summed E-state index contributed by atoms with van der Waals surface area (Å²) < 4.78 is 5.66. The van der Waals surface area contributed by atoms with Crippen molar-refractivity contribution in [3.05, 3.63) is 22.2 Å². The number of hydrogen-bond acceptors (Lipinski definition) is 4. The third-order valence-electron chi connectivity index (χ3n) is 2.90. The zero-order valence-corrected chi connectivity index (χ0v) is 10.6. The molecular weight excluding hydrogens is 226 g/mol. The Morgan fingerprint density at radius 1 is 1.38 bits per heavy atom. The molecule has 0 aromatic carbocycles. The molecule has 1 aromatic rings. The summed E-state index contributed by atoms with van der Waals surface area (Å²) in [5.41, 5.74) is 1.86. The number of halogens is 1. The Morgan fingerprint density at radius 3 is 2.75 bits per heavy atom. The average molecular weight is 242 g/mol. The second-order valence-electron chi connectivity index (χ2n) is 4.20. The summed E-state index contributed by atoms with van der Waals surface area (Å²) in [4.78, 5) is 10.9. The quantitative estimate of drug-likeness (QED) is 0.703. The summed E-state index contributed by atoms with van der Waals surface area (Å²) in [6.45, 7) is 6.36. The Balaban J connectivity index is 2.26. The van der Waals surface area contributed by atoms with Crippen molar-refractivity contribution in [3.8, 4) is 0 Å². The van der Waals surface area contributed by atoms with E-state index in [4.69, 9.17) is 16.3 Å². The van der Waals surface area contributed by atoms with E-state index in [1.54, 1.807) is 0 Å². The van der Waals surface area contributed by atoms with Crippen molar-refractivity contribution in [2.24, 2.45) is 0 Å². The summed E-state index contributed by atoms with van der Waals surface area (Å²) in [7, 11) is 2.07. The normalized spacial score (nSPS) is 22.4. The van der Waals surface area contributed by atoms with Crippen LogP contribution in [0.1, 0.15) is 23.2 Å². The van der Waals surface area contributed by atoms with Gasteiger partial charge >= 0.3 is 0 Å². The number of aromatic nitrogens is 2. The molecule has 1 unspecified atom stereocenters. The lowest BCUT2D eigenvalue weighted by Gasteiger charge is -2.29. The number of hydrogen-bond donors (Lipinski definition) is 0. The number of morpholine rings is 1. The lowest BCUT2D eigenvalue weighted by molar-refractivity contribution is -0.0255. The lowest BCUT2D eigenvalue weighted by atomic mass is 10.2. The van der Waals surface area contributed by atoms with Gasteiger partial charge in [0.15, 0.2) is 5.82 Å². The first-order chi connectivity index (χ1) is 7.58. The molecule has 4 nitrogen and oxygen atoms in total. The fourth-order valence-corrected chi connectivity index (χ4v) is 1.92. The Kier molecular flexibility index (Phi) is 3.42. The topological polar surface area (TPSA) is 38.2 Å². The minimum Gasteiger partial charge on any atom is -0.368 e. The first-order valence-corrected chi connectivity index (χ1v) is 5.76. The molecule has 0 amide bonds. The molecule has 2 heterocycles. The van der Waals surface area contributed by atoms with Crippen LogP contribution < -0.4 is 0 Å². The monoisotopic (exact) mass is 241 g/mol. The van der Waals surface area contributed by atoms with E-state index in [0.29, 0.717) is 11.0 Å². The smallest absolute Gasteiger partial charge is 0.160 e. The van der Waals surface area contributed by atoms with Crippen LogP contribution in [0.5, 0.6) is 0 Å². The molecule has 1 aliphatic heterocycles. The van der Waals surface area contributed by atoms with Crippen LogP contribution in [-0.4, -0.2) is 41.6 Å². The van der Waals surface area contributed by atoms with E-state index in [1.807, 2.05) is 13.8 Å². The van der Waals surface area contributed by atoms with Crippen LogP contribution in [0.25, 0.3) is 0 Å². The molecule has 0 radical (unpaired) electrons. The van der Waals surface area contributed by atoms with E-state index in [9.17, 15) is 0 Å². The molecule has 1 saturated heterocycles. The molecule has 0 N–H and O–H groups in total. The van der Waals surface area contributed by atoms with Gasteiger partial charge in [-0.1, -0.05) is 11.6 Å². The molecule has 0 spiro atoms. The summed E-state index contributed by atoms with van der Waals surface area (Å²) in [5.74, 6) is 0.694. The highest BCUT2D eigenvalue weighted by Gasteiger charge is 2.23. The van der Waals surface area contributed by atoms with Crippen LogP contribution in [0.4, 0.5) is 0 Å². The predicted octanol–water partition coefficient (Wildman–Crippen LogP) is 1.75. The van der Waals surface area contributed by atoms with Crippen molar-refractivity contribution in [2.75, 3.05) is 26.7 Å². The van der Waals surface area contributed by atoms with E-state index in [1.165, 1.54) is 0 Å². The van der Waals surface area contributed by atoms with Crippen LogP contribution >= 0.6 is 11.6 Å². The summed E-state index contributed by atoms with van der Waals surface area (Å²) in [6, 6.07) is 0. The van der Waals surface area contributed by atoms with Gasteiger partial charge in [0.1, 0.15) is 11.3 Å². The van der Waals surface area contributed by atoms with E-state index in [-0.39, 0.29) is 6.10 Å². The van der Waals surface area contributed by atoms with Gasteiger partial charge < -0.3 is 9.64 Å². The maximum absolute atomic E-state index is 6.05. The number of rotatable bonds is 1. The Hall–Kier alpha value is -0.710. The maximum Gasteiger partial charge on any atom is 0.160 e. The van der Waals surface area contributed by atoms with Crippen LogP contribution in [0, 0.1) is 13.8 Å². The zero-order chi connectivity index (χ0) is 11.7. The number of ether oxygens (including phenoxy) is 1. The first kappa shape index (κ1) is 11.8. The standard InChI is InChI=1S/C11H16ClN3O/c1-7-8(2)13-11(14-10(7)12)9-6-15(3)4-5-16-9/h9H,4-6H2,1-3H3. The van der Waals surface area contributed by atoms with Crippen LogP contribution in [-0.2, 0) is 4.74 Å². The third-order valence-corrected chi connectivity index (χ3v) is 3.27. The van der Waals surface area contributed by atoms with Crippen molar-refractivity contribution in [3.63, 3.8) is 0 Å². The van der Waals surface area contributed by atoms with Gasteiger partial charge in [-0.25, -0.2) is 9.97 Å². The summed E-state index contributed by atoms with van der Waals surface area (Å²) in [6.07, 6.45) is -0.0597. The highest BCUT2D eigenvalue weighted by atomic mass is 35.5. The minimum atomic E-state index is -0.0597. The van der Waals surface area contributed by atoms with Gasteiger partial charge in [0, 0.05) is 24.3 Å². The van der Waals surface area contributed by atoms with Crippen molar-refractivity contribution < 1.29 is 4.74 Å². The second-order valence-corrected chi connectivity index (χ2v) is 4.56. The zero-order valence-electron chi connectivity index (χ0n) is 9.83. The van der Waals surface area contributed by atoms with Crippen molar-refractivity contribution in [2.45, 2.75) is 20.0 Å². The van der Waals surface area contributed by atoms with Gasteiger partial charge in [0.05, 0.1) is 6.61 Å². The molecule has 1 aromatic heterocycles. The van der Waals surface area contributed by atoms with E-state index < -0.39 is 0 Å². The number of nitrogens with zero attached hydrogens (tertiary/aromatic N) is 3. The minimum absolute atomic E-state index is 0.0597. The molecule has 88 valence electrons. The second kappa shape index (κ2) is 4.65. The maximum atomic E-state index is 6.05. The lowest BCUT2D eigenvalue weighted by Crippen LogP contribution is -2.36.